The normalized spacial score (nSPS) is 23.0. The number of hydrogen-bond donors (Lipinski definition) is 1. The van der Waals surface area contributed by atoms with Crippen molar-refractivity contribution >= 4 is 11.0 Å². The van der Waals surface area contributed by atoms with E-state index < -0.39 is 0 Å². The monoisotopic (exact) mass is 255 g/mol. The first kappa shape index (κ1) is 12.5. The van der Waals surface area contributed by atoms with E-state index in [4.69, 9.17) is 0 Å². The number of hydrogen-bond acceptors (Lipinski definition) is 3. The Bertz CT molecular complexity index is 552. The molecule has 1 heterocycles. The lowest BCUT2D eigenvalue weighted by Crippen LogP contribution is -2.21. The van der Waals surface area contributed by atoms with E-state index in [1.54, 1.807) is 0 Å². The molecule has 100 valence electrons. The summed E-state index contributed by atoms with van der Waals surface area (Å²) >= 11 is 0. The Kier molecular flexibility index (Phi) is 3.74. The summed E-state index contributed by atoms with van der Waals surface area (Å²) in [5, 5.41) is 3.53. The predicted molar refractivity (Wildman–Crippen MR) is 77.7 cm³/mol. The maximum atomic E-state index is 4.63. The van der Waals surface area contributed by atoms with Crippen LogP contribution in [0.3, 0.4) is 0 Å². The molecule has 0 saturated heterocycles. The fourth-order valence-corrected chi connectivity index (χ4v) is 3.00. The Balaban J connectivity index is 1.56. The Morgan fingerprint density at radius 1 is 1.21 bits per heavy atom. The third-order valence-electron chi connectivity index (χ3n) is 4.04. The summed E-state index contributed by atoms with van der Waals surface area (Å²) in [6, 6.07) is 8.02. The van der Waals surface area contributed by atoms with Crippen LogP contribution in [0, 0.1) is 11.8 Å². The average Bonchev–Trinajstić information content (AvgIpc) is 2.84. The van der Waals surface area contributed by atoms with Gasteiger partial charge in [-0.1, -0.05) is 25.5 Å². The van der Waals surface area contributed by atoms with Crippen LogP contribution >= 0.6 is 0 Å². The number of nitrogens with one attached hydrogen (secondary N) is 1. The zero-order chi connectivity index (χ0) is 13.1. The summed E-state index contributed by atoms with van der Waals surface area (Å²) < 4.78 is 0. The molecule has 2 atom stereocenters. The molecule has 1 aliphatic carbocycles. The second-order valence-corrected chi connectivity index (χ2v) is 5.77. The second-order valence-electron chi connectivity index (χ2n) is 5.77. The number of rotatable bonds is 4. The third-order valence-corrected chi connectivity index (χ3v) is 4.04. The molecule has 1 aromatic heterocycles. The average molecular weight is 255 g/mol. The Morgan fingerprint density at radius 2 is 2.05 bits per heavy atom. The Hall–Kier alpha value is -1.48. The van der Waals surface area contributed by atoms with E-state index in [1.165, 1.54) is 19.3 Å². The topological polar surface area (TPSA) is 37.8 Å². The van der Waals surface area contributed by atoms with Crippen molar-refractivity contribution in [2.75, 3.05) is 6.54 Å². The fourth-order valence-electron chi connectivity index (χ4n) is 3.00. The lowest BCUT2D eigenvalue weighted by Gasteiger charge is -2.10. The molecule has 3 heteroatoms. The van der Waals surface area contributed by atoms with E-state index in [0.29, 0.717) is 0 Å². The van der Waals surface area contributed by atoms with Crippen LogP contribution in [0.25, 0.3) is 11.0 Å². The van der Waals surface area contributed by atoms with Crippen LogP contribution < -0.4 is 5.32 Å². The van der Waals surface area contributed by atoms with Crippen molar-refractivity contribution in [3.8, 4) is 0 Å². The summed E-state index contributed by atoms with van der Waals surface area (Å²) in [5.41, 5.74) is 2.98. The maximum absolute atomic E-state index is 4.63. The Labute approximate surface area is 114 Å². The molecule has 1 N–H and O–H groups in total. The SMILES string of the molecule is CC1CCC(CNCc2cnc3ccccc3n2)C1. The molecule has 2 aromatic rings. The van der Waals surface area contributed by atoms with Crippen molar-refractivity contribution in [3.05, 3.63) is 36.2 Å². The van der Waals surface area contributed by atoms with Gasteiger partial charge in [0.25, 0.3) is 0 Å². The van der Waals surface area contributed by atoms with Crippen LogP contribution in [-0.4, -0.2) is 16.5 Å². The van der Waals surface area contributed by atoms with Gasteiger partial charge in [-0.3, -0.25) is 4.98 Å². The van der Waals surface area contributed by atoms with Crippen LogP contribution in [0.2, 0.25) is 0 Å². The van der Waals surface area contributed by atoms with Gasteiger partial charge in [0.1, 0.15) is 0 Å². The minimum Gasteiger partial charge on any atom is -0.311 e. The fraction of sp³-hybridized carbons (Fsp3) is 0.500. The summed E-state index contributed by atoms with van der Waals surface area (Å²) in [7, 11) is 0. The van der Waals surface area contributed by atoms with Crippen LogP contribution in [0.15, 0.2) is 30.5 Å². The first-order valence-corrected chi connectivity index (χ1v) is 7.22. The van der Waals surface area contributed by atoms with Gasteiger partial charge in [0.2, 0.25) is 0 Å². The van der Waals surface area contributed by atoms with E-state index in [2.05, 4.69) is 22.2 Å². The zero-order valence-corrected chi connectivity index (χ0v) is 11.5. The smallest absolute Gasteiger partial charge is 0.0890 e. The molecule has 1 aromatic carbocycles. The number of para-hydroxylation sites is 2. The van der Waals surface area contributed by atoms with Crippen LogP contribution in [-0.2, 0) is 6.54 Å². The second kappa shape index (κ2) is 5.66. The van der Waals surface area contributed by atoms with Crippen LogP contribution in [0.4, 0.5) is 0 Å². The van der Waals surface area contributed by atoms with Gasteiger partial charge in [0.05, 0.1) is 22.9 Å². The standard InChI is InChI=1S/C16H21N3/c1-12-6-7-13(8-12)9-17-10-14-11-18-15-4-2-3-5-16(15)19-14/h2-5,11-13,17H,6-10H2,1H3. The maximum Gasteiger partial charge on any atom is 0.0890 e. The van der Waals surface area contributed by atoms with Crippen molar-refractivity contribution in [2.45, 2.75) is 32.7 Å². The van der Waals surface area contributed by atoms with Crippen LogP contribution in [0.5, 0.6) is 0 Å². The van der Waals surface area contributed by atoms with Gasteiger partial charge in [-0.2, -0.15) is 0 Å². The van der Waals surface area contributed by atoms with E-state index in [-0.39, 0.29) is 0 Å². The predicted octanol–water partition coefficient (Wildman–Crippen LogP) is 3.16. The van der Waals surface area contributed by atoms with Crippen molar-refractivity contribution < 1.29 is 0 Å². The number of benzene rings is 1. The summed E-state index contributed by atoms with van der Waals surface area (Å²) in [4.78, 5) is 9.07. The van der Waals surface area contributed by atoms with Gasteiger partial charge in [-0.15, -0.1) is 0 Å². The van der Waals surface area contributed by atoms with Gasteiger partial charge < -0.3 is 5.32 Å². The zero-order valence-electron chi connectivity index (χ0n) is 11.5. The third kappa shape index (κ3) is 3.10. The van der Waals surface area contributed by atoms with Crippen LogP contribution in [0.1, 0.15) is 31.9 Å². The van der Waals surface area contributed by atoms with Crippen molar-refractivity contribution in [1.29, 1.82) is 0 Å². The van der Waals surface area contributed by atoms with E-state index in [1.807, 2.05) is 30.5 Å². The molecule has 3 nitrogen and oxygen atoms in total. The molecule has 0 aliphatic heterocycles. The first-order valence-electron chi connectivity index (χ1n) is 7.22. The van der Waals surface area contributed by atoms with Gasteiger partial charge in [-0.05, 0) is 43.4 Å². The molecule has 2 unspecified atom stereocenters. The first-order chi connectivity index (χ1) is 9.31. The Morgan fingerprint density at radius 3 is 2.84 bits per heavy atom. The number of aromatic nitrogens is 2. The highest BCUT2D eigenvalue weighted by molar-refractivity contribution is 5.73. The van der Waals surface area contributed by atoms with E-state index in [9.17, 15) is 0 Å². The minimum absolute atomic E-state index is 0.822. The molecular weight excluding hydrogens is 234 g/mol. The van der Waals surface area contributed by atoms with Gasteiger partial charge in [0.15, 0.2) is 0 Å². The van der Waals surface area contributed by atoms with Crippen molar-refractivity contribution in [2.24, 2.45) is 11.8 Å². The molecule has 0 spiro atoms. The quantitative estimate of drug-likeness (QED) is 0.912. The summed E-state index contributed by atoms with van der Waals surface area (Å²) in [6.07, 6.45) is 6.02. The summed E-state index contributed by atoms with van der Waals surface area (Å²) in [6.45, 7) is 4.29. The molecule has 0 radical (unpaired) electrons. The molecule has 3 rings (SSSR count). The largest absolute Gasteiger partial charge is 0.311 e. The molecule has 0 bridgehead atoms. The molecule has 19 heavy (non-hydrogen) atoms. The molecule has 0 amide bonds. The van der Waals surface area contributed by atoms with Gasteiger partial charge >= 0.3 is 0 Å². The lowest BCUT2D eigenvalue weighted by molar-refractivity contribution is 0.469. The number of nitrogens with zero attached hydrogens (tertiary/aromatic N) is 2. The molecular formula is C16H21N3. The highest BCUT2D eigenvalue weighted by Crippen LogP contribution is 2.29. The molecule has 1 saturated carbocycles. The highest BCUT2D eigenvalue weighted by atomic mass is 14.9. The van der Waals surface area contributed by atoms with E-state index >= 15 is 0 Å². The lowest BCUT2D eigenvalue weighted by atomic mass is 10.1. The van der Waals surface area contributed by atoms with Gasteiger partial charge in [0, 0.05) is 6.54 Å². The highest BCUT2D eigenvalue weighted by Gasteiger charge is 2.20. The number of fused-ring (bicyclic) bond motifs is 1. The van der Waals surface area contributed by atoms with Crippen molar-refractivity contribution in [3.63, 3.8) is 0 Å². The van der Waals surface area contributed by atoms with Gasteiger partial charge in [-0.25, -0.2) is 4.98 Å². The summed E-state index contributed by atoms with van der Waals surface area (Å²) in [5.74, 6) is 1.76. The van der Waals surface area contributed by atoms with Crippen molar-refractivity contribution in [1.82, 2.24) is 15.3 Å². The minimum atomic E-state index is 0.822. The van der Waals surface area contributed by atoms with E-state index in [0.717, 1.165) is 41.7 Å². The molecule has 1 aliphatic rings. The molecule has 1 fully saturated rings.